The number of ether oxygens (including phenoxy) is 1. The van der Waals surface area contributed by atoms with Crippen LogP contribution in [-0.2, 0) is 4.74 Å². The van der Waals surface area contributed by atoms with Gasteiger partial charge in [0.1, 0.15) is 5.69 Å². The predicted octanol–water partition coefficient (Wildman–Crippen LogP) is 1.22. The Morgan fingerprint density at radius 1 is 1.56 bits per heavy atom. The molecule has 0 bridgehead atoms. The highest BCUT2D eigenvalue weighted by Crippen LogP contribution is 2.04. The Labute approximate surface area is 105 Å². The van der Waals surface area contributed by atoms with Crippen molar-refractivity contribution >= 4 is 5.91 Å². The molecule has 6 heteroatoms. The van der Waals surface area contributed by atoms with Gasteiger partial charge in [-0.05, 0) is 12.1 Å². The summed E-state index contributed by atoms with van der Waals surface area (Å²) in [6, 6.07) is 6.00. The molecule has 1 amide bonds. The van der Waals surface area contributed by atoms with Crippen molar-refractivity contribution in [2.75, 3.05) is 26.8 Å². The van der Waals surface area contributed by atoms with Gasteiger partial charge in [0.25, 0.3) is 5.91 Å². The van der Waals surface area contributed by atoms with Crippen LogP contribution in [0.1, 0.15) is 16.9 Å². The molecule has 0 N–H and O–H groups in total. The van der Waals surface area contributed by atoms with E-state index in [1.165, 1.54) is 30.2 Å². The largest absolute Gasteiger partial charge is 0.383 e. The standard InChI is InChI=1S/C12H14FN3O2/c1-18-9-8-16(7-3-6-14)12(17)10-4-2-5-11(13)15-10/h2,4-5H,3,7-9H2,1H3. The molecule has 5 nitrogen and oxygen atoms in total. The number of hydrogen-bond acceptors (Lipinski definition) is 4. The van der Waals surface area contributed by atoms with Crippen LogP contribution in [0.2, 0.25) is 0 Å². The maximum atomic E-state index is 12.9. The molecule has 0 saturated carbocycles. The van der Waals surface area contributed by atoms with Gasteiger partial charge in [-0.2, -0.15) is 9.65 Å². The summed E-state index contributed by atoms with van der Waals surface area (Å²) in [6.45, 7) is 0.971. The number of carbonyl (C=O) groups excluding carboxylic acids is 1. The maximum Gasteiger partial charge on any atom is 0.272 e. The number of halogens is 1. The number of pyridine rings is 1. The predicted molar refractivity (Wildman–Crippen MR) is 62.2 cm³/mol. The van der Waals surface area contributed by atoms with Gasteiger partial charge in [0.05, 0.1) is 19.1 Å². The highest BCUT2D eigenvalue weighted by molar-refractivity contribution is 5.92. The number of carbonyl (C=O) groups is 1. The average Bonchev–Trinajstić information content (AvgIpc) is 2.38. The van der Waals surface area contributed by atoms with E-state index in [0.717, 1.165) is 0 Å². The van der Waals surface area contributed by atoms with E-state index in [9.17, 15) is 9.18 Å². The molecule has 96 valence electrons. The van der Waals surface area contributed by atoms with Gasteiger partial charge in [-0.3, -0.25) is 4.79 Å². The minimum absolute atomic E-state index is 0.0315. The van der Waals surface area contributed by atoms with Gasteiger partial charge in [-0.1, -0.05) is 6.07 Å². The van der Waals surface area contributed by atoms with Crippen LogP contribution in [0, 0.1) is 17.3 Å². The second kappa shape index (κ2) is 7.35. The summed E-state index contributed by atoms with van der Waals surface area (Å²) < 4.78 is 17.8. The highest BCUT2D eigenvalue weighted by atomic mass is 19.1. The van der Waals surface area contributed by atoms with Crippen LogP contribution in [0.15, 0.2) is 18.2 Å². The molecule has 18 heavy (non-hydrogen) atoms. The lowest BCUT2D eigenvalue weighted by molar-refractivity contribution is 0.0693. The van der Waals surface area contributed by atoms with Crippen LogP contribution in [-0.4, -0.2) is 42.6 Å². The Hall–Kier alpha value is -2.00. The summed E-state index contributed by atoms with van der Waals surface area (Å²) in [5.74, 6) is -1.10. The van der Waals surface area contributed by atoms with Crippen LogP contribution in [0.5, 0.6) is 0 Å². The lowest BCUT2D eigenvalue weighted by Crippen LogP contribution is -2.35. The van der Waals surface area contributed by atoms with E-state index >= 15 is 0 Å². The van der Waals surface area contributed by atoms with Crippen molar-refractivity contribution in [1.29, 1.82) is 5.26 Å². The van der Waals surface area contributed by atoms with Crippen molar-refractivity contribution in [3.05, 3.63) is 29.8 Å². The summed E-state index contributed by atoms with van der Waals surface area (Å²) >= 11 is 0. The number of nitrogens with zero attached hydrogens (tertiary/aromatic N) is 3. The fourth-order valence-electron chi connectivity index (χ4n) is 1.39. The van der Waals surface area contributed by atoms with Crippen molar-refractivity contribution in [3.63, 3.8) is 0 Å². The number of rotatable bonds is 6. The van der Waals surface area contributed by atoms with Crippen molar-refractivity contribution in [2.45, 2.75) is 6.42 Å². The molecule has 0 spiro atoms. The van der Waals surface area contributed by atoms with Gasteiger partial charge >= 0.3 is 0 Å². The Morgan fingerprint density at radius 2 is 2.33 bits per heavy atom. The first-order chi connectivity index (χ1) is 8.69. The van der Waals surface area contributed by atoms with Crippen LogP contribution in [0.3, 0.4) is 0 Å². The van der Waals surface area contributed by atoms with Crippen LogP contribution < -0.4 is 0 Å². The third-order valence-electron chi connectivity index (χ3n) is 2.28. The zero-order valence-electron chi connectivity index (χ0n) is 10.1. The van der Waals surface area contributed by atoms with E-state index in [2.05, 4.69) is 4.98 Å². The van der Waals surface area contributed by atoms with E-state index in [1.807, 2.05) is 6.07 Å². The van der Waals surface area contributed by atoms with Crippen LogP contribution >= 0.6 is 0 Å². The molecule has 0 aliphatic carbocycles. The highest BCUT2D eigenvalue weighted by Gasteiger charge is 2.16. The minimum atomic E-state index is -0.701. The van der Waals surface area contributed by atoms with Gasteiger partial charge < -0.3 is 9.64 Å². The molecule has 0 aliphatic heterocycles. The van der Waals surface area contributed by atoms with Crippen LogP contribution in [0.4, 0.5) is 4.39 Å². The van der Waals surface area contributed by atoms with Crippen molar-refractivity contribution < 1.29 is 13.9 Å². The summed E-state index contributed by atoms with van der Waals surface area (Å²) in [6.07, 6.45) is 0.213. The lowest BCUT2D eigenvalue weighted by Gasteiger charge is -2.20. The smallest absolute Gasteiger partial charge is 0.272 e. The zero-order chi connectivity index (χ0) is 13.4. The number of amides is 1. The molecular formula is C12H14FN3O2. The fraction of sp³-hybridized carbons (Fsp3) is 0.417. The second-order valence-corrected chi connectivity index (χ2v) is 3.54. The molecule has 1 rings (SSSR count). The second-order valence-electron chi connectivity index (χ2n) is 3.54. The molecule has 1 aromatic heterocycles. The first-order valence-corrected chi connectivity index (χ1v) is 5.46. The average molecular weight is 251 g/mol. The van der Waals surface area contributed by atoms with Gasteiger partial charge in [0.15, 0.2) is 0 Å². The Bertz CT molecular complexity index is 445. The van der Waals surface area contributed by atoms with Gasteiger partial charge in [-0.25, -0.2) is 4.98 Å². The van der Waals surface area contributed by atoms with Gasteiger partial charge in [0.2, 0.25) is 5.95 Å². The Balaban J connectivity index is 2.77. The SMILES string of the molecule is COCCN(CCC#N)C(=O)c1cccc(F)n1. The molecule has 0 atom stereocenters. The molecule has 1 aromatic rings. The normalized spacial score (nSPS) is 9.83. The molecule has 1 heterocycles. The van der Waals surface area contributed by atoms with E-state index in [1.54, 1.807) is 0 Å². The number of aromatic nitrogens is 1. The molecule has 0 fully saturated rings. The molecule has 0 aliphatic rings. The molecule has 0 aromatic carbocycles. The Morgan fingerprint density at radius 3 is 2.94 bits per heavy atom. The quantitative estimate of drug-likeness (QED) is 0.713. The van der Waals surface area contributed by atoms with E-state index < -0.39 is 11.9 Å². The molecule has 0 radical (unpaired) electrons. The zero-order valence-corrected chi connectivity index (χ0v) is 10.1. The summed E-state index contributed by atoms with van der Waals surface area (Å²) in [4.78, 5) is 17.0. The fourth-order valence-corrected chi connectivity index (χ4v) is 1.39. The third-order valence-corrected chi connectivity index (χ3v) is 2.28. The monoisotopic (exact) mass is 251 g/mol. The first kappa shape index (κ1) is 14.1. The lowest BCUT2D eigenvalue weighted by atomic mass is 10.3. The van der Waals surface area contributed by atoms with Crippen LogP contribution in [0.25, 0.3) is 0 Å². The molecular weight excluding hydrogens is 237 g/mol. The minimum Gasteiger partial charge on any atom is -0.383 e. The van der Waals surface area contributed by atoms with E-state index in [0.29, 0.717) is 13.2 Å². The van der Waals surface area contributed by atoms with Gasteiger partial charge in [0, 0.05) is 20.2 Å². The van der Waals surface area contributed by atoms with Crippen molar-refractivity contribution in [1.82, 2.24) is 9.88 Å². The summed E-state index contributed by atoms with van der Waals surface area (Å²) in [5.41, 5.74) is 0.0315. The summed E-state index contributed by atoms with van der Waals surface area (Å²) in [5, 5.41) is 8.54. The topological polar surface area (TPSA) is 66.2 Å². The maximum absolute atomic E-state index is 12.9. The van der Waals surface area contributed by atoms with Gasteiger partial charge in [-0.15, -0.1) is 0 Å². The summed E-state index contributed by atoms with van der Waals surface area (Å²) in [7, 11) is 1.52. The molecule has 0 saturated heterocycles. The van der Waals surface area contributed by atoms with Crippen molar-refractivity contribution in [3.8, 4) is 6.07 Å². The molecule has 0 unspecified atom stereocenters. The van der Waals surface area contributed by atoms with E-state index in [-0.39, 0.29) is 18.7 Å². The first-order valence-electron chi connectivity index (χ1n) is 5.46. The van der Waals surface area contributed by atoms with Crippen molar-refractivity contribution in [2.24, 2.45) is 0 Å². The third kappa shape index (κ3) is 4.11. The number of nitriles is 1. The Kier molecular flexibility index (Phi) is 5.74. The number of methoxy groups -OCH3 is 1. The van der Waals surface area contributed by atoms with E-state index in [4.69, 9.17) is 10.00 Å². The number of hydrogen-bond donors (Lipinski definition) is 0.